The lowest BCUT2D eigenvalue weighted by Crippen LogP contribution is -2.50. The summed E-state index contributed by atoms with van der Waals surface area (Å²) in [4.78, 5) is 19.0. The molecule has 1 N–H and O–H groups in total. The second kappa shape index (κ2) is 9.66. The number of nitrogens with zero attached hydrogens (tertiary/aromatic N) is 2. The molecule has 3 heterocycles. The number of fused-ring (bicyclic) bond motifs is 2. The SMILES string of the molecule is O=C1C2=C(NCc3ccco3)CCc3c(CN4CCN(C5CCCCC5)CC4)oc(c32)-c2ccccc21. The highest BCUT2D eigenvalue weighted by Crippen LogP contribution is 2.48. The van der Waals surface area contributed by atoms with Crippen LogP contribution in [-0.4, -0.2) is 47.8 Å². The molecule has 6 nitrogen and oxygen atoms in total. The van der Waals surface area contributed by atoms with Crippen molar-refractivity contribution in [2.24, 2.45) is 0 Å². The van der Waals surface area contributed by atoms with Gasteiger partial charge in [-0.1, -0.05) is 43.5 Å². The highest BCUT2D eigenvalue weighted by molar-refractivity contribution is 6.35. The molecule has 6 heteroatoms. The Kier molecular flexibility index (Phi) is 6.02. The van der Waals surface area contributed by atoms with E-state index in [9.17, 15) is 4.79 Å². The number of benzene rings is 1. The molecule has 1 aliphatic heterocycles. The van der Waals surface area contributed by atoms with Crippen LogP contribution in [0.3, 0.4) is 0 Å². The van der Waals surface area contributed by atoms with Crippen molar-refractivity contribution in [2.75, 3.05) is 26.2 Å². The van der Waals surface area contributed by atoms with Crippen LogP contribution in [0, 0.1) is 0 Å². The number of hydrogen-bond donors (Lipinski definition) is 1. The number of ketones is 1. The van der Waals surface area contributed by atoms with Gasteiger partial charge in [0.2, 0.25) is 0 Å². The average molecular weight is 498 g/mol. The van der Waals surface area contributed by atoms with Gasteiger partial charge in [0.15, 0.2) is 5.78 Å². The normalized spacial score (nSPS) is 20.7. The zero-order chi connectivity index (χ0) is 24.8. The van der Waals surface area contributed by atoms with E-state index in [-0.39, 0.29) is 5.78 Å². The van der Waals surface area contributed by atoms with Crippen LogP contribution in [0.4, 0.5) is 0 Å². The molecule has 192 valence electrons. The van der Waals surface area contributed by atoms with Crippen LogP contribution in [0.2, 0.25) is 0 Å². The summed E-state index contributed by atoms with van der Waals surface area (Å²) in [5.41, 5.74) is 5.70. The van der Waals surface area contributed by atoms with E-state index in [4.69, 9.17) is 8.83 Å². The maximum Gasteiger partial charge on any atom is 0.196 e. The van der Waals surface area contributed by atoms with Gasteiger partial charge in [0.25, 0.3) is 0 Å². The minimum atomic E-state index is 0.0967. The molecule has 7 rings (SSSR count). The van der Waals surface area contributed by atoms with Crippen LogP contribution >= 0.6 is 0 Å². The third-order valence-electron chi connectivity index (χ3n) is 8.83. The Morgan fingerprint density at radius 2 is 1.73 bits per heavy atom. The van der Waals surface area contributed by atoms with Crippen molar-refractivity contribution in [1.82, 2.24) is 15.1 Å². The Labute approximate surface area is 218 Å². The number of hydrogen-bond acceptors (Lipinski definition) is 6. The van der Waals surface area contributed by atoms with E-state index in [1.165, 1.54) is 37.7 Å². The molecule has 0 bridgehead atoms. The van der Waals surface area contributed by atoms with Crippen molar-refractivity contribution in [1.29, 1.82) is 0 Å². The molecule has 3 aliphatic carbocycles. The number of allylic oxidation sites excluding steroid dienone is 2. The van der Waals surface area contributed by atoms with Crippen LogP contribution < -0.4 is 5.32 Å². The lowest BCUT2D eigenvalue weighted by Gasteiger charge is -2.40. The molecule has 0 radical (unpaired) electrons. The third-order valence-corrected chi connectivity index (χ3v) is 8.83. The Hall–Kier alpha value is -3.09. The van der Waals surface area contributed by atoms with Gasteiger partial charge in [-0.2, -0.15) is 0 Å². The van der Waals surface area contributed by atoms with Crippen LogP contribution in [0.1, 0.15) is 71.5 Å². The summed E-state index contributed by atoms with van der Waals surface area (Å²) in [5, 5.41) is 3.52. The van der Waals surface area contributed by atoms with Crippen LogP contribution in [0.25, 0.3) is 16.9 Å². The second-order valence-corrected chi connectivity index (χ2v) is 11.0. The van der Waals surface area contributed by atoms with Crippen molar-refractivity contribution in [3.05, 3.63) is 76.6 Å². The Balaban J connectivity index is 1.17. The largest absolute Gasteiger partial charge is 0.467 e. The summed E-state index contributed by atoms with van der Waals surface area (Å²) >= 11 is 0. The van der Waals surface area contributed by atoms with Gasteiger partial charge in [-0.25, -0.2) is 0 Å². The number of Topliss-reactive ketones (excluding diaryl/α,β-unsaturated/α-hetero) is 1. The van der Waals surface area contributed by atoms with E-state index < -0.39 is 0 Å². The van der Waals surface area contributed by atoms with Crippen molar-refractivity contribution < 1.29 is 13.6 Å². The fraction of sp³-hybridized carbons (Fsp3) is 0.452. The van der Waals surface area contributed by atoms with Crippen LogP contribution in [0.5, 0.6) is 0 Å². The van der Waals surface area contributed by atoms with Crippen LogP contribution in [-0.2, 0) is 19.5 Å². The van der Waals surface area contributed by atoms with Crippen molar-refractivity contribution in [2.45, 2.75) is 64.1 Å². The summed E-state index contributed by atoms with van der Waals surface area (Å²) in [6, 6.07) is 12.5. The first kappa shape index (κ1) is 23.1. The fourth-order valence-electron chi connectivity index (χ4n) is 6.87. The first-order valence-electron chi connectivity index (χ1n) is 14.0. The molecule has 2 fully saturated rings. The van der Waals surface area contributed by atoms with Gasteiger partial charge < -0.3 is 14.2 Å². The minimum Gasteiger partial charge on any atom is -0.467 e. The average Bonchev–Trinajstić information content (AvgIpc) is 3.60. The summed E-state index contributed by atoms with van der Waals surface area (Å²) in [5.74, 6) is 2.87. The van der Waals surface area contributed by atoms with E-state index in [2.05, 4.69) is 15.1 Å². The Morgan fingerprint density at radius 1 is 0.919 bits per heavy atom. The highest BCUT2D eigenvalue weighted by Gasteiger charge is 2.39. The zero-order valence-electron chi connectivity index (χ0n) is 21.4. The number of piperazine rings is 1. The molecule has 0 atom stereocenters. The van der Waals surface area contributed by atoms with Gasteiger partial charge in [0.1, 0.15) is 17.3 Å². The topological polar surface area (TPSA) is 61.9 Å². The third kappa shape index (κ3) is 4.16. The predicted molar refractivity (Wildman–Crippen MR) is 143 cm³/mol. The highest BCUT2D eigenvalue weighted by atomic mass is 16.3. The van der Waals surface area contributed by atoms with Crippen LogP contribution in [0.15, 0.2) is 57.2 Å². The number of furan rings is 2. The van der Waals surface area contributed by atoms with Gasteiger partial charge in [-0.05, 0) is 37.8 Å². The standard InChI is InChI=1S/C31H35N3O3/c35-30-23-10-4-5-11-24(23)31-28-25(12-13-26(29(28)30)32-19-22-9-6-18-36-22)27(37-31)20-33-14-16-34(17-15-33)21-7-2-1-3-8-21/h4-6,9-11,18,21,32H,1-3,7-8,12-17,19-20H2. The van der Waals surface area contributed by atoms with Gasteiger partial charge >= 0.3 is 0 Å². The van der Waals surface area contributed by atoms with Gasteiger partial charge in [-0.15, -0.1) is 0 Å². The molecule has 1 aromatic carbocycles. The first-order valence-corrected chi connectivity index (χ1v) is 14.0. The lowest BCUT2D eigenvalue weighted by atomic mass is 9.78. The number of rotatable bonds is 6. The monoisotopic (exact) mass is 497 g/mol. The summed E-state index contributed by atoms with van der Waals surface area (Å²) in [6.07, 6.45) is 10.3. The summed E-state index contributed by atoms with van der Waals surface area (Å²) < 4.78 is 12.2. The number of carbonyl (C=O) groups excluding carboxylic acids is 1. The van der Waals surface area contributed by atoms with E-state index in [1.807, 2.05) is 36.4 Å². The maximum atomic E-state index is 13.8. The molecule has 1 saturated carbocycles. The zero-order valence-corrected chi connectivity index (χ0v) is 21.4. The predicted octanol–water partition coefficient (Wildman–Crippen LogP) is 5.63. The maximum absolute atomic E-state index is 13.8. The molecule has 4 aliphatic rings. The molecule has 37 heavy (non-hydrogen) atoms. The van der Waals surface area contributed by atoms with Crippen molar-refractivity contribution >= 4 is 11.4 Å². The lowest BCUT2D eigenvalue weighted by molar-refractivity contribution is 0.0721. The van der Waals surface area contributed by atoms with Gasteiger partial charge in [0, 0.05) is 60.2 Å². The minimum absolute atomic E-state index is 0.0967. The fourth-order valence-corrected chi connectivity index (χ4v) is 6.87. The van der Waals surface area contributed by atoms with Crippen molar-refractivity contribution in [3.8, 4) is 11.3 Å². The quantitative estimate of drug-likeness (QED) is 0.476. The molecular formula is C31H35N3O3. The Bertz CT molecular complexity index is 1320. The number of carbonyl (C=O) groups is 1. The van der Waals surface area contributed by atoms with E-state index in [0.717, 1.165) is 96.8 Å². The summed E-state index contributed by atoms with van der Waals surface area (Å²) in [6.45, 7) is 5.84. The van der Waals surface area contributed by atoms with E-state index >= 15 is 0 Å². The molecule has 0 spiro atoms. The summed E-state index contributed by atoms with van der Waals surface area (Å²) in [7, 11) is 0. The number of nitrogens with one attached hydrogen (secondary N) is 1. The molecule has 0 unspecified atom stereocenters. The second-order valence-electron chi connectivity index (χ2n) is 11.0. The van der Waals surface area contributed by atoms with E-state index in [1.54, 1.807) is 6.26 Å². The molecule has 2 aromatic heterocycles. The molecule has 3 aromatic rings. The van der Waals surface area contributed by atoms with Crippen molar-refractivity contribution in [3.63, 3.8) is 0 Å². The smallest absolute Gasteiger partial charge is 0.196 e. The first-order chi connectivity index (χ1) is 18.3. The van der Waals surface area contributed by atoms with E-state index in [0.29, 0.717) is 6.54 Å². The molecular weight excluding hydrogens is 462 g/mol. The Morgan fingerprint density at radius 3 is 2.51 bits per heavy atom. The van der Waals surface area contributed by atoms with Gasteiger partial charge in [-0.3, -0.25) is 14.6 Å². The molecule has 0 amide bonds. The molecule has 1 saturated heterocycles. The van der Waals surface area contributed by atoms with Gasteiger partial charge in [0.05, 0.1) is 24.9 Å².